The lowest BCUT2D eigenvalue weighted by atomic mass is 10.1. The Bertz CT molecular complexity index is 933. The van der Waals surface area contributed by atoms with Crippen LogP contribution in [0.4, 0.5) is 5.95 Å². The number of nitrogens with zero attached hydrogens (tertiary/aromatic N) is 3. The first-order valence-electron chi connectivity index (χ1n) is 10.2. The molecule has 0 aliphatic rings. The van der Waals surface area contributed by atoms with Crippen molar-refractivity contribution in [1.29, 1.82) is 0 Å². The van der Waals surface area contributed by atoms with Gasteiger partial charge in [0.2, 0.25) is 5.95 Å². The zero-order chi connectivity index (χ0) is 19.8. The number of hydrogen-bond acceptors (Lipinski definition) is 3. The van der Waals surface area contributed by atoms with Crippen molar-refractivity contribution in [2.75, 3.05) is 0 Å². The standard InChI is InChI=1S/C23H28BrN3O/c1-2-3-4-5-6-7-10-15-27-21-12-9-8-11-20(21)26-23(27)25-17-18-16-19(24)13-14-22(18)28/h8-9,11-14,16-17,28H,2-7,10,15H2,1H3. The predicted octanol–water partition coefficient (Wildman–Crippen LogP) is 7.01. The number of benzene rings is 2. The van der Waals surface area contributed by atoms with Crippen molar-refractivity contribution in [3.8, 4) is 5.75 Å². The van der Waals surface area contributed by atoms with Crippen molar-refractivity contribution in [3.05, 3.63) is 52.5 Å². The van der Waals surface area contributed by atoms with Crippen molar-refractivity contribution in [2.45, 2.75) is 58.4 Å². The molecule has 2 aromatic carbocycles. The summed E-state index contributed by atoms with van der Waals surface area (Å²) in [6.45, 7) is 3.16. The third-order valence-corrected chi connectivity index (χ3v) is 5.42. The highest BCUT2D eigenvalue weighted by Gasteiger charge is 2.09. The Hall–Kier alpha value is -2.14. The van der Waals surface area contributed by atoms with Gasteiger partial charge in [-0.2, -0.15) is 0 Å². The molecule has 1 heterocycles. The van der Waals surface area contributed by atoms with Crippen LogP contribution in [0, 0.1) is 0 Å². The number of aryl methyl sites for hydroxylation is 1. The summed E-state index contributed by atoms with van der Waals surface area (Å²) in [7, 11) is 0. The third kappa shape index (κ3) is 5.44. The van der Waals surface area contributed by atoms with Crippen molar-refractivity contribution in [2.24, 2.45) is 4.99 Å². The number of fused-ring (bicyclic) bond motifs is 1. The van der Waals surface area contributed by atoms with Crippen LogP contribution in [-0.2, 0) is 6.54 Å². The van der Waals surface area contributed by atoms with Crippen LogP contribution in [0.15, 0.2) is 51.9 Å². The second-order valence-corrected chi connectivity index (χ2v) is 8.05. The van der Waals surface area contributed by atoms with Gasteiger partial charge in [-0.05, 0) is 36.8 Å². The second-order valence-electron chi connectivity index (χ2n) is 7.13. The molecule has 148 valence electrons. The van der Waals surface area contributed by atoms with Crippen molar-refractivity contribution in [1.82, 2.24) is 9.55 Å². The molecule has 0 aliphatic carbocycles. The van der Waals surface area contributed by atoms with E-state index in [1.54, 1.807) is 12.3 Å². The largest absolute Gasteiger partial charge is 0.507 e. The number of aromatic nitrogens is 2. The third-order valence-electron chi connectivity index (χ3n) is 4.93. The normalized spacial score (nSPS) is 11.6. The first-order chi connectivity index (χ1) is 13.7. The average Bonchev–Trinajstić information content (AvgIpc) is 3.05. The molecule has 28 heavy (non-hydrogen) atoms. The fourth-order valence-electron chi connectivity index (χ4n) is 3.36. The minimum absolute atomic E-state index is 0.210. The van der Waals surface area contributed by atoms with Crippen LogP contribution in [0.3, 0.4) is 0 Å². The molecular weight excluding hydrogens is 414 g/mol. The van der Waals surface area contributed by atoms with Crippen molar-refractivity contribution >= 4 is 39.1 Å². The van der Waals surface area contributed by atoms with Crippen molar-refractivity contribution < 1.29 is 5.11 Å². The lowest BCUT2D eigenvalue weighted by Gasteiger charge is -2.07. The summed E-state index contributed by atoms with van der Waals surface area (Å²) in [5.74, 6) is 0.897. The van der Waals surface area contributed by atoms with Crippen LogP contribution in [0.1, 0.15) is 57.4 Å². The van der Waals surface area contributed by atoms with E-state index in [0.29, 0.717) is 11.5 Å². The Morgan fingerprint density at radius 1 is 1.04 bits per heavy atom. The number of imidazole rings is 1. The Morgan fingerprint density at radius 2 is 1.79 bits per heavy atom. The van der Waals surface area contributed by atoms with E-state index in [2.05, 4.69) is 38.5 Å². The van der Waals surface area contributed by atoms with Gasteiger partial charge in [-0.3, -0.25) is 0 Å². The van der Waals surface area contributed by atoms with Gasteiger partial charge in [0.1, 0.15) is 5.75 Å². The molecule has 4 nitrogen and oxygen atoms in total. The van der Waals surface area contributed by atoms with E-state index < -0.39 is 0 Å². The van der Waals surface area contributed by atoms with Gasteiger partial charge in [0.15, 0.2) is 0 Å². The number of para-hydroxylation sites is 2. The van der Waals surface area contributed by atoms with Gasteiger partial charge in [0, 0.05) is 22.8 Å². The lowest BCUT2D eigenvalue weighted by Crippen LogP contribution is -1.98. The maximum atomic E-state index is 10.0. The van der Waals surface area contributed by atoms with E-state index in [1.807, 2.05) is 30.3 Å². The number of rotatable bonds is 10. The highest BCUT2D eigenvalue weighted by atomic mass is 79.9. The van der Waals surface area contributed by atoms with Gasteiger partial charge in [0.25, 0.3) is 0 Å². The van der Waals surface area contributed by atoms with E-state index in [-0.39, 0.29) is 5.75 Å². The SMILES string of the molecule is CCCCCCCCCn1c(N=Cc2cc(Br)ccc2O)nc2ccccc21. The van der Waals surface area contributed by atoms with Crippen LogP contribution in [0.2, 0.25) is 0 Å². The first kappa shape index (κ1) is 20.6. The van der Waals surface area contributed by atoms with Crippen LogP contribution in [0.25, 0.3) is 11.0 Å². The van der Waals surface area contributed by atoms with Gasteiger partial charge >= 0.3 is 0 Å². The van der Waals surface area contributed by atoms with Crippen LogP contribution in [-0.4, -0.2) is 20.9 Å². The summed E-state index contributed by atoms with van der Waals surface area (Å²) in [4.78, 5) is 9.29. The first-order valence-corrected chi connectivity index (χ1v) is 11.0. The molecule has 5 heteroatoms. The van der Waals surface area contributed by atoms with E-state index in [9.17, 15) is 5.11 Å². The smallest absolute Gasteiger partial charge is 0.230 e. The van der Waals surface area contributed by atoms with Crippen LogP contribution in [0.5, 0.6) is 5.75 Å². The van der Waals surface area contributed by atoms with E-state index in [0.717, 1.165) is 28.5 Å². The molecule has 0 aliphatic heterocycles. The van der Waals surface area contributed by atoms with Gasteiger partial charge in [-0.25, -0.2) is 9.98 Å². The zero-order valence-corrected chi connectivity index (χ0v) is 18.0. The maximum Gasteiger partial charge on any atom is 0.230 e. The summed E-state index contributed by atoms with van der Waals surface area (Å²) in [6, 6.07) is 13.5. The Balaban J connectivity index is 1.73. The maximum absolute atomic E-state index is 10.0. The monoisotopic (exact) mass is 441 g/mol. The minimum Gasteiger partial charge on any atom is -0.507 e. The highest BCUT2D eigenvalue weighted by Crippen LogP contribution is 2.25. The molecule has 0 spiro atoms. The summed E-state index contributed by atoms with van der Waals surface area (Å²) in [6.07, 6.45) is 10.6. The molecular formula is C23H28BrN3O. The topological polar surface area (TPSA) is 50.4 Å². The Kier molecular flexibility index (Phi) is 7.66. The summed E-state index contributed by atoms with van der Waals surface area (Å²) in [5, 5.41) is 10.0. The molecule has 3 aromatic rings. The van der Waals surface area contributed by atoms with E-state index in [1.165, 1.54) is 38.5 Å². The molecule has 0 atom stereocenters. The van der Waals surface area contributed by atoms with E-state index in [4.69, 9.17) is 4.98 Å². The number of phenols is 1. The average molecular weight is 442 g/mol. The van der Waals surface area contributed by atoms with Gasteiger partial charge in [0.05, 0.1) is 11.0 Å². The molecule has 0 amide bonds. The number of aliphatic imine (C=N–C) groups is 1. The van der Waals surface area contributed by atoms with Crippen molar-refractivity contribution in [3.63, 3.8) is 0 Å². The number of hydrogen-bond donors (Lipinski definition) is 1. The number of aromatic hydroxyl groups is 1. The molecule has 0 bridgehead atoms. The summed E-state index contributed by atoms with van der Waals surface area (Å²) in [5.41, 5.74) is 2.74. The quantitative estimate of drug-likeness (QED) is 0.271. The lowest BCUT2D eigenvalue weighted by molar-refractivity contribution is 0.474. The molecule has 0 fully saturated rings. The van der Waals surface area contributed by atoms with Crippen LogP contribution >= 0.6 is 15.9 Å². The zero-order valence-electron chi connectivity index (χ0n) is 16.4. The Labute approximate surface area is 175 Å². The molecule has 0 unspecified atom stereocenters. The molecule has 1 N–H and O–H groups in total. The predicted molar refractivity (Wildman–Crippen MR) is 121 cm³/mol. The van der Waals surface area contributed by atoms with Gasteiger partial charge in [-0.15, -0.1) is 0 Å². The number of halogens is 1. The Morgan fingerprint density at radius 3 is 2.61 bits per heavy atom. The number of unbranched alkanes of at least 4 members (excludes halogenated alkanes) is 6. The van der Waals surface area contributed by atoms with Crippen LogP contribution < -0.4 is 0 Å². The minimum atomic E-state index is 0.210. The van der Waals surface area contributed by atoms with Gasteiger partial charge in [-0.1, -0.05) is 73.5 Å². The van der Waals surface area contributed by atoms with Gasteiger partial charge < -0.3 is 9.67 Å². The summed E-state index contributed by atoms with van der Waals surface area (Å²) < 4.78 is 3.09. The van der Waals surface area contributed by atoms with E-state index >= 15 is 0 Å². The molecule has 1 aromatic heterocycles. The summed E-state index contributed by atoms with van der Waals surface area (Å²) >= 11 is 3.44. The fourth-order valence-corrected chi connectivity index (χ4v) is 3.74. The molecule has 0 saturated carbocycles. The molecule has 0 saturated heterocycles. The fraction of sp³-hybridized carbons (Fsp3) is 0.391. The molecule has 3 rings (SSSR count). The second kappa shape index (κ2) is 10.4. The number of phenolic OH excluding ortho intramolecular Hbond substituents is 1. The molecule has 0 radical (unpaired) electrons. The highest BCUT2D eigenvalue weighted by molar-refractivity contribution is 9.10.